The molecule has 17 heavy (non-hydrogen) atoms. The molecule has 88 valence electrons. The van der Waals surface area contributed by atoms with E-state index >= 15 is 0 Å². The van der Waals surface area contributed by atoms with Gasteiger partial charge >= 0.3 is 0 Å². The van der Waals surface area contributed by atoms with Crippen LogP contribution < -0.4 is 0 Å². The summed E-state index contributed by atoms with van der Waals surface area (Å²) in [5, 5.41) is 0.807. The van der Waals surface area contributed by atoms with E-state index in [1.54, 1.807) is 0 Å². The molecular weight excluding hydrogens is 300 g/mol. The van der Waals surface area contributed by atoms with Gasteiger partial charge in [0, 0.05) is 11.6 Å². The maximum absolute atomic E-state index is 6.28. The standard InChI is InChI=1S/C13H12BrClN2/c14-12-9(15)5-10(7-1-2-7)17-11(12)6-16-13(17)8-3-4-8/h5-8H,1-4H2. The molecule has 0 bridgehead atoms. The molecule has 2 aliphatic carbocycles. The van der Waals surface area contributed by atoms with Crippen molar-refractivity contribution in [2.24, 2.45) is 0 Å². The average molecular weight is 312 g/mol. The van der Waals surface area contributed by atoms with Gasteiger partial charge in [0.2, 0.25) is 0 Å². The van der Waals surface area contributed by atoms with Gasteiger partial charge in [-0.05, 0) is 53.6 Å². The third-order valence-corrected chi connectivity index (χ3v) is 5.05. The Morgan fingerprint density at radius 3 is 2.59 bits per heavy atom. The number of nitrogens with zero attached hydrogens (tertiary/aromatic N) is 2. The van der Waals surface area contributed by atoms with Crippen molar-refractivity contribution < 1.29 is 0 Å². The van der Waals surface area contributed by atoms with Gasteiger partial charge in [-0.1, -0.05) is 11.6 Å². The molecule has 0 unspecified atom stereocenters. The maximum Gasteiger partial charge on any atom is 0.116 e. The first-order chi connectivity index (χ1) is 8.25. The molecule has 2 aromatic heterocycles. The van der Waals surface area contributed by atoms with Crippen LogP contribution in [0.2, 0.25) is 5.02 Å². The first-order valence-electron chi connectivity index (χ1n) is 6.11. The average Bonchev–Trinajstić information content (AvgIpc) is 3.20. The molecule has 0 aliphatic heterocycles. The molecule has 0 aromatic carbocycles. The van der Waals surface area contributed by atoms with Crippen LogP contribution in [0.25, 0.3) is 5.52 Å². The lowest BCUT2D eigenvalue weighted by molar-refractivity contribution is 0.860. The number of pyridine rings is 1. The first-order valence-corrected chi connectivity index (χ1v) is 7.28. The monoisotopic (exact) mass is 310 g/mol. The Balaban J connectivity index is 2.06. The van der Waals surface area contributed by atoms with Crippen molar-refractivity contribution in [2.75, 3.05) is 0 Å². The largest absolute Gasteiger partial charge is 0.299 e. The summed E-state index contributed by atoms with van der Waals surface area (Å²) in [5.41, 5.74) is 2.48. The quantitative estimate of drug-likeness (QED) is 0.798. The number of fused-ring (bicyclic) bond motifs is 1. The van der Waals surface area contributed by atoms with E-state index < -0.39 is 0 Å². The molecule has 4 rings (SSSR count). The predicted molar refractivity (Wildman–Crippen MR) is 71.9 cm³/mol. The third-order valence-electron chi connectivity index (χ3n) is 3.69. The highest BCUT2D eigenvalue weighted by Gasteiger charge is 2.33. The number of halogens is 2. The summed E-state index contributed by atoms with van der Waals surface area (Å²) in [6.45, 7) is 0. The highest BCUT2D eigenvalue weighted by molar-refractivity contribution is 9.10. The summed E-state index contributed by atoms with van der Waals surface area (Å²) >= 11 is 9.86. The van der Waals surface area contributed by atoms with Crippen LogP contribution in [0.3, 0.4) is 0 Å². The van der Waals surface area contributed by atoms with Crippen molar-refractivity contribution in [3.63, 3.8) is 0 Å². The zero-order valence-electron chi connectivity index (χ0n) is 9.29. The Labute approximate surface area is 113 Å². The molecule has 0 spiro atoms. The van der Waals surface area contributed by atoms with Crippen LogP contribution in [-0.4, -0.2) is 9.38 Å². The fourth-order valence-electron chi connectivity index (χ4n) is 2.48. The van der Waals surface area contributed by atoms with Crippen molar-refractivity contribution in [3.8, 4) is 0 Å². The second kappa shape index (κ2) is 3.48. The van der Waals surface area contributed by atoms with E-state index in [0.717, 1.165) is 15.0 Å². The Bertz CT molecular complexity index is 611. The summed E-state index contributed by atoms with van der Waals surface area (Å²) in [7, 11) is 0. The minimum Gasteiger partial charge on any atom is -0.299 e. The molecule has 2 heterocycles. The van der Waals surface area contributed by atoms with Gasteiger partial charge in [-0.2, -0.15) is 0 Å². The van der Waals surface area contributed by atoms with Crippen molar-refractivity contribution in [1.29, 1.82) is 0 Å². The summed E-state index contributed by atoms with van der Waals surface area (Å²) in [6.07, 6.45) is 7.09. The Morgan fingerprint density at radius 2 is 1.94 bits per heavy atom. The van der Waals surface area contributed by atoms with E-state index in [0.29, 0.717) is 11.8 Å². The second-order valence-corrected chi connectivity index (χ2v) is 6.32. The van der Waals surface area contributed by atoms with E-state index in [1.165, 1.54) is 37.2 Å². The highest BCUT2D eigenvalue weighted by Crippen LogP contribution is 2.46. The van der Waals surface area contributed by atoms with Crippen molar-refractivity contribution in [1.82, 2.24) is 9.38 Å². The first kappa shape index (κ1) is 10.4. The number of hydrogen-bond acceptors (Lipinski definition) is 1. The molecule has 0 atom stereocenters. The second-order valence-electron chi connectivity index (χ2n) is 5.12. The van der Waals surface area contributed by atoms with E-state index in [1.807, 2.05) is 6.20 Å². The van der Waals surface area contributed by atoms with Crippen LogP contribution >= 0.6 is 27.5 Å². The summed E-state index contributed by atoms with van der Waals surface area (Å²) in [6, 6.07) is 2.11. The van der Waals surface area contributed by atoms with Crippen molar-refractivity contribution in [2.45, 2.75) is 37.5 Å². The highest BCUT2D eigenvalue weighted by atomic mass is 79.9. The molecule has 0 saturated heterocycles. The van der Waals surface area contributed by atoms with Gasteiger partial charge in [0.15, 0.2) is 0 Å². The summed E-state index contributed by atoms with van der Waals surface area (Å²) in [5.74, 6) is 2.59. The van der Waals surface area contributed by atoms with Gasteiger partial charge in [-0.15, -0.1) is 0 Å². The molecule has 0 N–H and O–H groups in total. The smallest absolute Gasteiger partial charge is 0.116 e. The number of rotatable bonds is 2. The zero-order valence-corrected chi connectivity index (χ0v) is 11.6. The minimum atomic E-state index is 0.670. The summed E-state index contributed by atoms with van der Waals surface area (Å²) < 4.78 is 3.31. The number of aromatic nitrogens is 2. The Morgan fingerprint density at radius 1 is 1.24 bits per heavy atom. The van der Waals surface area contributed by atoms with Gasteiger partial charge in [0.1, 0.15) is 5.82 Å². The molecule has 0 radical (unpaired) electrons. The molecule has 2 aliphatic rings. The van der Waals surface area contributed by atoms with Crippen LogP contribution in [0.5, 0.6) is 0 Å². The van der Waals surface area contributed by atoms with Gasteiger partial charge in [-0.25, -0.2) is 4.98 Å². The van der Waals surface area contributed by atoms with Gasteiger partial charge in [0.25, 0.3) is 0 Å². The Kier molecular flexibility index (Phi) is 2.13. The SMILES string of the molecule is Clc1cc(C2CC2)n2c(C3CC3)ncc2c1Br. The van der Waals surface area contributed by atoms with Crippen LogP contribution in [0, 0.1) is 0 Å². The normalized spacial score (nSPS) is 20.1. The van der Waals surface area contributed by atoms with E-state index in [-0.39, 0.29) is 0 Å². The lowest BCUT2D eigenvalue weighted by atomic mass is 10.2. The van der Waals surface area contributed by atoms with E-state index in [2.05, 4.69) is 31.4 Å². The molecule has 0 amide bonds. The molecular formula is C13H12BrClN2. The molecule has 2 aromatic rings. The molecule has 2 fully saturated rings. The number of hydrogen-bond donors (Lipinski definition) is 0. The topological polar surface area (TPSA) is 17.3 Å². The van der Waals surface area contributed by atoms with Crippen molar-refractivity contribution in [3.05, 3.63) is 33.3 Å². The van der Waals surface area contributed by atoms with E-state index in [9.17, 15) is 0 Å². The van der Waals surface area contributed by atoms with Crippen LogP contribution in [0.4, 0.5) is 0 Å². The lowest BCUT2D eigenvalue weighted by Crippen LogP contribution is -2.00. The lowest BCUT2D eigenvalue weighted by Gasteiger charge is -2.10. The van der Waals surface area contributed by atoms with Crippen LogP contribution in [0.1, 0.15) is 49.0 Å². The van der Waals surface area contributed by atoms with Crippen molar-refractivity contribution >= 4 is 33.0 Å². The molecule has 2 saturated carbocycles. The van der Waals surface area contributed by atoms with E-state index in [4.69, 9.17) is 11.6 Å². The molecule has 2 nitrogen and oxygen atoms in total. The summed E-state index contributed by atoms with van der Waals surface area (Å²) in [4.78, 5) is 4.60. The van der Waals surface area contributed by atoms with Gasteiger partial charge < -0.3 is 0 Å². The zero-order chi connectivity index (χ0) is 11.6. The predicted octanol–water partition coefficient (Wildman–Crippen LogP) is 4.51. The van der Waals surface area contributed by atoms with Crippen LogP contribution in [-0.2, 0) is 0 Å². The fourth-order valence-corrected chi connectivity index (χ4v) is 3.08. The maximum atomic E-state index is 6.28. The Hall–Kier alpha value is -0.540. The van der Waals surface area contributed by atoms with Gasteiger partial charge in [0.05, 0.1) is 21.2 Å². The molecule has 4 heteroatoms. The minimum absolute atomic E-state index is 0.670. The fraction of sp³-hybridized carbons (Fsp3) is 0.462. The van der Waals surface area contributed by atoms with Crippen LogP contribution in [0.15, 0.2) is 16.7 Å². The van der Waals surface area contributed by atoms with Gasteiger partial charge in [-0.3, -0.25) is 4.40 Å². The third kappa shape index (κ3) is 1.55. The number of imidazole rings is 1.